The Morgan fingerprint density at radius 2 is 1.74 bits per heavy atom. The smallest absolute Gasteiger partial charge is 0.430 e. The van der Waals surface area contributed by atoms with Gasteiger partial charge in [-0.2, -0.15) is 13.2 Å². The highest BCUT2D eigenvalue weighted by molar-refractivity contribution is 6.23. The Bertz CT molecular complexity index is 1350. The number of benzene rings is 1. The fourth-order valence-corrected chi connectivity index (χ4v) is 4.76. The quantitative estimate of drug-likeness (QED) is 0.365. The third kappa shape index (κ3) is 6.39. The molecule has 226 valence electrons. The molecular weight excluding hydrogens is 559 g/mol. The summed E-state index contributed by atoms with van der Waals surface area (Å²) in [6, 6.07) is 7.49. The number of morpholine rings is 1. The summed E-state index contributed by atoms with van der Waals surface area (Å²) in [4.78, 5) is 59.8. The molecule has 2 fully saturated rings. The van der Waals surface area contributed by atoms with Crippen LogP contribution in [0, 0.1) is 0 Å². The third-order valence-electron chi connectivity index (χ3n) is 7.14. The van der Waals surface area contributed by atoms with Crippen LogP contribution < -0.4 is 10.2 Å². The van der Waals surface area contributed by atoms with Gasteiger partial charge in [0, 0.05) is 37.7 Å². The number of amides is 4. The van der Waals surface area contributed by atoms with E-state index >= 15 is 0 Å². The van der Waals surface area contributed by atoms with E-state index in [9.17, 15) is 32.3 Å². The van der Waals surface area contributed by atoms with Crippen molar-refractivity contribution in [2.24, 2.45) is 0 Å². The van der Waals surface area contributed by atoms with E-state index in [4.69, 9.17) is 4.74 Å². The second-order valence-electron chi connectivity index (χ2n) is 10.7. The average molecular weight is 592 g/mol. The van der Waals surface area contributed by atoms with E-state index in [1.807, 2.05) is 13.8 Å². The van der Waals surface area contributed by atoms with Gasteiger partial charge in [-0.1, -0.05) is 19.9 Å². The van der Waals surface area contributed by atoms with Crippen LogP contribution in [0.1, 0.15) is 44.7 Å². The number of halogens is 3. The van der Waals surface area contributed by atoms with Gasteiger partial charge in [-0.3, -0.25) is 19.5 Å². The minimum Gasteiger partial charge on any atom is -0.430 e. The van der Waals surface area contributed by atoms with Crippen LogP contribution in [0.25, 0.3) is 0 Å². The first-order valence-electron chi connectivity index (χ1n) is 13.3. The van der Waals surface area contributed by atoms with Gasteiger partial charge in [0.1, 0.15) is 5.54 Å². The molecule has 0 spiro atoms. The number of pyridine rings is 1. The Labute approximate surface area is 240 Å². The molecule has 11 nitrogen and oxygen atoms in total. The predicted octanol–water partition coefficient (Wildman–Crippen LogP) is 3.65. The lowest BCUT2D eigenvalue weighted by atomic mass is 9.99. The summed E-state index contributed by atoms with van der Waals surface area (Å²) in [6.45, 7) is 7.44. The Morgan fingerprint density at radius 1 is 1.10 bits per heavy atom. The molecule has 0 saturated carbocycles. The van der Waals surface area contributed by atoms with E-state index in [-0.39, 0.29) is 50.1 Å². The first kappa shape index (κ1) is 30.9. The van der Waals surface area contributed by atoms with Gasteiger partial charge >= 0.3 is 18.2 Å². The van der Waals surface area contributed by atoms with Crippen molar-refractivity contribution in [2.45, 2.75) is 58.1 Å². The fraction of sp³-hybridized carbons (Fsp3) is 0.464. The number of rotatable bonds is 8. The molecule has 1 atom stereocenters. The van der Waals surface area contributed by atoms with E-state index in [1.54, 1.807) is 50.5 Å². The minimum atomic E-state index is -5.31. The molecule has 4 rings (SSSR count). The molecular formula is C28H32F3N5O6. The predicted molar refractivity (Wildman–Crippen MR) is 144 cm³/mol. The molecule has 2 aliphatic heterocycles. The molecule has 0 bridgehead atoms. The average Bonchev–Trinajstić information content (AvgIpc) is 3.10. The zero-order valence-corrected chi connectivity index (χ0v) is 23.6. The summed E-state index contributed by atoms with van der Waals surface area (Å²) in [6.07, 6.45) is -4.04. The maximum atomic E-state index is 13.6. The Hall–Kier alpha value is -4.04. The van der Waals surface area contributed by atoms with Crippen molar-refractivity contribution >= 4 is 35.2 Å². The van der Waals surface area contributed by atoms with Crippen LogP contribution in [-0.2, 0) is 30.4 Å². The van der Waals surface area contributed by atoms with Crippen molar-refractivity contribution < 1.29 is 41.8 Å². The second kappa shape index (κ2) is 12.1. The van der Waals surface area contributed by atoms with Gasteiger partial charge in [-0.25, -0.2) is 14.5 Å². The molecule has 0 aliphatic carbocycles. The van der Waals surface area contributed by atoms with Gasteiger partial charge in [0.05, 0.1) is 18.9 Å². The van der Waals surface area contributed by atoms with Crippen LogP contribution in [0.5, 0.6) is 0 Å². The number of hydrogen-bond acceptors (Lipinski definition) is 8. The largest absolute Gasteiger partial charge is 0.490 e. The Morgan fingerprint density at radius 3 is 2.33 bits per heavy atom. The number of ether oxygens (including phenoxy) is 2. The molecule has 2 aliphatic rings. The van der Waals surface area contributed by atoms with E-state index in [0.717, 1.165) is 10.5 Å². The van der Waals surface area contributed by atoms with Crippen LogP contribution in [0.15, 0.2) is 42.7 Å². The zero-order valence-electron chi connectivity index (χ0n) is 23.6. The summed E-state index contributed by atoms with van der Waals surface area (Å²) in [7, 11) is 0. The number of urea groups is 1. The topological polar surface area (TPSA) is 121 Å². The van der Waals surface area contributed by atoms with Crippen LogP contribution in [0.4, 0.5) is 29.3 Å². The number of hydrogen-bond donors (Lipinski definition) is 1. The SMILES string of the molecule is CC(C)c1ccc(N2C(=O)N(Cc3ccncc3)C(C)(C)C2=O)cc1NC(=O)C(OC(=O)C(F)(F)F)N1CCOCC1. The van der Waals surface area contributed by atoms with Crippen molar-refractivity contribution in [3.8, 4) is 0 Å². The highest BCUT2D eigenvalue weighted by Crippen LogP contribution is 2.36. The second-order valence-corrected chi connectivity index (χ2v) is 10.7. The summed E-state index contributed by atoms with van der Waals surface area (Å²) in [5.41, 5.74) is 0.465. The molecule has 0 radical (unpaired) electrons. The lowest BCUT2D eigenvalue weighted by Crippen LogP contribution is -2.52. The Kier molecular flexibility index (Phi) is 8.87. The summed E-state index contributed by atoms with van der Waals surface area (Å²) in [5.74, 6) is -4.19. The number of alkyl halides is 3. The molecule has 2 saturated heterocycles. The van der Waals surface area contributed by atoms with E-state index < -0.39 is 41.8 Å². The lowest BCUT2D eigenvalue weighted by Gasteiger charge is -2.33. The maximum Gasteiger partial charge on any atom is 0.490 e. The van der Waals surface area contributed by atoms with Gasteiger partial charge in [0.25, 0.3) is 11.8 Å². The molecule has 42 heavy (non-hydrogen) atoms. The highest BCUT2D eigenvalue weighted by atomic mass is 19.4. The number of anilines is 2. The minimum absolute atomic E-state index is 0.0550. The van der Waals surface area contributed by atoms with Crippen molar-refractivity contribution in [1.82, 2.24) is 14.8 Å². The highest BCUT2D eigenvalue weighted by Gasteiger charge is 2.52. The van der Waals surface area contributed by atoms with Gasteiger partial charge in [-0.15, -0.1) is 0 Å². The van der Waals surface area contributed by atoms with Crippen LogP contribution in [-0.4, -0.2) is 82.8 Å². The van der Waals surface area contributed by atoms with Gasteiger partial charge < -0.3 is 19.7 Å². The first-order chi connectivity index (χ1) is 19.7. The number of carbonyl (C=O) groups excluding carboxylic acids is 4. The van der Waals surface area contributed by atoms with E-state index in [2.05, 4.69) is 15.0 Å². The zero-order chi connectivity index (χ0) is 30.8. The van der Waals surface area contributed by atoms with Gasteiger partial charge in [-0.05, 0) is 55.2 Å². The fourth-order valence-electron chi connectivity index (χ4n) is 4.76. The normalized spacial score (nSPS) is 18.4. The number of aromatic nitrogens is 1. The van der Waals surface area contributed by atoms with Crippen LogP contribution >= 0.6 is 0 Å². The molecule has 1 aromatic heterocycles. The van der Waals surface area contributed by atoms with Crippen molar-refractivity contribution in [3.05, 3.63) is 53.9 Å². The first-order valence-corrected chi connectivity index (χ1v) is 13.3. The number of esters is 1. The number of nitrogens with zero attached hydrogens (tertiary/aromatic N) is 4. The third-order valence-corrected chi connectivity index (χ3v) is 7.14. The molecule has 14 heteroatoms. The number of imide groups is 1. The maximum absolute atomic E-state index is 13.6. The summed E-state index contributed by atoms with van der Waals surface area (Å²) >= 11 is 0. The molecule has 4 amide bonds. The van der Waals surface area contributed by atoms with Gasteiger partial charge in [0.2, 0.25) is 6.23 Å². The summed E-state index contributed by atoms with van der Waals surface area (Å²) < 4.78 is 49.0. The number of carbonyl (C=O) groups is 4. The van der Waals surface area contributed by atoms with Crippen LogP contribution in [0.3, 0.4) is 0 Å². The monoisotopic (exact) mass is 591 g/mol. The lowest BCUT2D eigenvalue weighted by molar-refractivity contribution is -0.214. The molecule has 3 heterocycles. The number of nitrogens with one attached hydrogen (secondary N) is 1. The standard InChI is InChI=1S/C28H32F3N5O6/c1-17(2)20-6-5-19(36-24(38)27(3,4)35(26(36)40)16-18-7-9-32-10-8-18)15-21(20)33-22(37)23(34-11-13-41-14-12-34)42-25(39)28(29,30)31/h5-10,15,17,23H,11-14,16H2,1-4H3,(H,33,37). The molecule has 1 N–H and O–H groups in total. The molecule has 1 unspecified atom stereocenters. The van der Waals surface area contributed by atoms with E-state index in [0.29, 0.717) is 5.56 Å². The Balaban J connectivity index is 1.65. The van der Waals surface area contributed by atoms with Crippen molar-refractivity contribution in [3.63, 3.8) is 0 Å². The van der Waals surface area contributed by atoms with Crippen molar-refractivity contribution in [1.29, 1.82) is 0 Å². The summed E-state index contributed by atoms with van der Waals surface area (Å²) in [5, 5.41) is 2.58. The van der Waals surface area contributed by atoms with E-state index in [1.165, 1.54) is 15.9 Å². The molecule has 1 aromatic carbocycles. The van der Waals surface area contributed by atoms with Crippen molar-refractivity contribution in [2.75, 3.05) is 36.5 Å². The van der Waals surface area contributed by atoms with Gasteiger partial charge in [0.15, 0.2) is 0 Å². The molecule has 2 aromatic rings. The van der Waals surface area contributed by atoms with Crippen LogP contribution in [0.2, 0.25) is 0 Å².